The third-order valence-electron chi connectivity index (χ3n) is 4.97. The van der Waals surface area contributed by atoms with E-state index in [0.717, 1.165) is 23.5 Å². The Hall–Kier alpha value is -0.990. The van der Waals surface area contributed by atoms with Crippen LogP contribution in [0.2, 0.25) is 0 Å². The number of nitrogens with one attached hydrogen (secondary N) is 1. The largest absolute Gasteiger partial charge is 0.348 e. The number of aromatic nitrogens is 1. The van der Waals surface area contributed by atoms with Crippen LogP contribution in [0.25, 0.3) is 0 Å². The highest BCUT2D eigenvalue weighted by molar-refractivity contribution is 7.89. The van der Waals surface area contributed by atoms with Crippen molar-refractivity contribution in [3.63, 3.8) is 0 Å². The van der Waals surface area contributed by atoms with Crippen LogP contribution in [0.4, 0.5) is 0 Å². The van der Waals surface area contributed by atoms with Crippen LogP contribution in [0.1, 0.15) is 40.1 Å². The Morgan fingerprint density at radius 2 is 1.91 bits per heavy atom. The first-order valence-corrected chi connectivity index (χ1v) is 10.5. The normalized spacial score (nSPS) is 28.0. The molecule has 0 aromatic carbocycles. The van der Waals surface area contributed by atoms with Gasteiger partial charge >= 0.3 is 0 Å². The van der Waals surface area contributed by atoms with E-state index in [1.54, 1.807) is 11.2 Å². The van der Waals surface area contributed by atoms with Crippen LogP contribution >= 0.6 is 11.3 Å². The number of carbonyl (C=O) groups is 1. The second-order valence-electron chi connectivity index (χ2n) is 6.46. The van der Waals surface area contributed by atoms with E-state index >= 15 is 0 Å². The summed E-state index contributed by atoms with van der Waals surface area (Å²) >= 11 is 1.41. The molecular formula is C15H23N3O3S2. The predicted octanol–water partition coefficient (Wildman–Crippen LogP) is 1.55. The van der Waals surface area contributed by atoms with Gasteiger partial charge in [-0.05, 0) is 45.4 Å². The molecule has 1 aromatic rings. The van der Waals surface area contributed by atoms with E-state index in [4.69, 9.17) is 0 Å². The highest BCUT2D eigenvalue weighted by atomic mass is 32.2. The summed E-state index contributed by atoms with van der Waals surface area (Å²) in [6, 6.07) is 0.0765. The van der Waals surface area contributed by atoms with Gasteiger partial charge in [0.05, 0.1) is 16.5 Å². The van der Waals surface area contributed by atoms with Crippen LogP contribution < -0.4 is 5.32 Å². The molecule has 1 aliphatic heterocycles. The summed E-state index contributed by atoms with van der Waals surface area (Å²) in [5, 5.41) is 4.04. The summed E-state index contributed by atoms with van der Waals surface area (Å²) in [6.07, 6.45) is 1.96. The molecule has 128 valence electrons. The SMILES string of the molecule is CCS(=O)(=O)N1C[C@H]2CC[C@@H](C1)C2NC(=O)c1sc(C)nc1C. The Morgan fingerprint density at radius 3 is 2.39 bits per heavy atom. The van der Waals surface area contributed by atoms with Crippen molar-refractivity contribution < 1.29 is 13.2 Å². The van der Waals surface area contributed by atoms with Crippen molar-refractivity contribution in [1.82, 2.24) is 14.6 Å². The maximum absolute atomic E-state index is 12.5. The molecule has 3 rings (SSSR count). The fourth-order valence-corrected chi connectivity index (χ4v) is 5.81. The molecule has 2 bridgehead atoms. The molecule has 3 atom stereocenters. The molecule has 1 saturated carbocycles. The van der Waals surface area contributed by atoms with Gasteiger partial charge in [0.25, 0.3) is 5.91 Å². The van der Waals surface area contributed by atoms with Crippen LogP contribution in [0.5, 0.6) is 0 Å². The molecule has 1 aliphatic carbocycles. The first-order chi connectivity index (χ1) is 10.8. The summed E-state index contributed by atoms with van der Waals surface area (Å²) in [4.78, 5) is 17.5. The van der Waals surface area contributed by atoms with Crippen molar-refractivity contribution in [2.45, 2.75) is 39.7 Å². The van der Waals surface area contributed by atoms with Crippen molar-refractivity contribution >= 4 is 27.3 Å². The molecule has 2 fully saturated rings. The minimum Gasteiger partial charge on any atom is -0.348 e. The van der Waals surface area contributed by atoms with Gasteiger partial charge in [-0.3, -0.25) is 4.79 Å². The van der Waals surface area contributed by atoms with Crippen molar-refractivity contribution in [2.75, 3.05) is 18.8 Å². The lowest BCUT2D eigenvalue weighted by Gasteiger charge is -2.37. The van der Waals surface area contributed by atoms with Gasteiger partial charge in [-0.25, -0.2) is 17.7 Å². The fraction of sp³-hybridized carbons (Fsp3) is 0.733. The molecule has 8 heteroatoms. The Labute approximate surface area is 141 Å². The summed E-state index contributed by atoms with van der Waals surface area (Å²) in [7, 11) is -3.14. The lowest BCUT2D eigenvalue weighted by atomic mass is 9.93. The smallest absolute Gasteiger partial charge is 0.263 e. The first-order valence-electron chi connectivity index (χ1n) is 8.04. The zero-order chi connectivity index (χ0) is 16.8. The molecule has 1 N–H and O–H groups in total. The number of aryl methyl sites for hydroxylation is 2. The maximum atomic E-state index is 12.5. The number of rotatable bonds is 4. The van der Waals surface area contributed by atoms with Crippen molar-refractivity contribution in [2.24, 2.45) is 11.8 Å². The number of nitrogens with zero attached hydrogens (tertiary/aromatic N) is 2. The van der Waals surface area contributed by atoms with Gasteiger partial charge in [0.1, 0.15) is 4.88 Å². The van der Waals surface area contributed by atoms with Crippen molar-refractivity contribution in [1.29, 1.82) is 0 Å². The first kappa shape index (κ1) is 16.9. The summed E-state index contributed by atoms with van der Waals surface area (Å²) in [5.41, 5.74) is 0.767. The highest BCUT2D eigenvalue weighted by Gasteiger charge is 2.45. The van der Waals surface area contributed by atoms with E-state index in [2.05, 4.69) is 10.3 Å². The standard InChI is InChI=1S/C15H23N3O3S2/c1-4-23(20,21)18-7-11-5-6-12(8-18)13(11)17-15(19)14-9(2)16-10(3)22-14/h11-13H,4-8H2,1-3H3,(H,17,19)/t11-,12+,13?. The topological polar surface area (TPSA) is 79.4 Å². The van der Waals surface area contributed by atoms with E-state index in [1.165, 1.54) is 11.3 Å². The Bertz CT molecular complexity index is 700. The number of hydrogen-bond donors (Lipinski definition) is 1. The van der Waals surface area contributed by atoms with Gasteiger partial charge in [0.2, 0.25) is 10.0 Å². The number of piperidine rings is 1. The van der Waals surface area contributed by atoms with Gasteiger partial charge in [0, 0.05) is 19.1 Å². The van der Waals surface area contributed by atoms with Crippen LogP contribution in [0, 0.1) is 25.7 Å². The number of hydrogen-bond acceptors (Lipinski definition) is 5. The number of fused-ring (bicyclic) bond motifs is 2. The van der Waals surface area contributed by atoms with Gasteiger partial charge in [-0.2, -0.15) is 0 Å². The molecule has 2 heterocycles. The molecule has 1 unspecified atom stereocenters. The van der Waals surface area contributed by atoms with E-state index in [1.807, 2.05) is 13.8 Å². The van der Waals surface area contributed by atoms with Crippen molar-refractivity contribution in [3.05, 3.63) is 15.6 Å². The molecule has 1 aromatic heterocycles. The third kappa shape index (κ3) is 3.16. The Kier molecular flexibility index (Phi) is 4.50. The zero-order valence-corrected chi connectivity index (χ0v) is 15.3. The molecule has 2 aliphatic rings. The molecule has 1 amide bonds. The van der Waals surface area contributed by atoms with Crippen LogP contribution in [0.3, 0.4) is 0 Å². The predicted molar refractivity (Wildman–Crippen MR) is 90.1 cm³/mol. The summed E-state index contributed by atoms with van der Waals surface area (Å²) < 4.78 is 25.8. The average Bonchev–Trinajstić information content (AvgIpc) is 2.93. The summed E-state index contributed by atoms with van der Waals surface area (Å²) in [6.45, 7) is 6.48. The van der Waals surface area contributed by atoms with Gasteiger partial charge in [-0.1, -0.05) is 0 Å². The quantitative estimate of drug-likeness (QED) is 0.887. The van der Waals surface area contributed by atoms with E-state index in [-0.39, 0.29) is 29.5 Å². The van der Waals surface area contributed by atoms with Gasteiger partial charge in [-0.15, -0.1) is 11.3 Å². The number of thiazole rings is 1. The minimum atomic E-state index is -3.14. The third-order valence-corrected chi connectivity index (χ3v) is 7.85. The van der Waals surface area contributed by atoms with E-state index in [0.29, 0.717) is 18.0 Å². The molecule has 23 heavy (non-hydrogen) atoms. The summed E-state index contributed by atoms with van der Waals surface area (Å²) in [5.74, 6) is 0.506. The lowest BCUT2D eigenvalue weighted by molar-refractivity contribution is 0.0891. The molecule has 0 radical (unpaired) electrons. The Morgan fingerprint density at radius 1 is 1.30 bits per heavy atom. The molecule has 0 spiro atoms. The lowest BCUT2D eigenvalue weighted by Crippen LogP contribution is -2.54. The monoisotopic (exact) mass is 357 g/mol. The molecule has 1 saturated heterocycles. The number of sulfonamides is 1. The van der Waals surface area contributed by atoms with Gasteiger partial charge in [0.15, 0.2) is 0 Å². The zero-order valence-electron chi connectivity index (χ0n) is 13.7. The second-order valence-corrected chi connectivity index (χ2v) is 9.92. The van der Waals surface area contributed by atoms with Crippen LogP contribution in [0.15, 0.2) is 0 Å². The van der Waals surface area contributed by atoms with Crippen molar-refractivity contribution in [3.8, 4) is 0 Å². The number of amides is 1. The van der Waals surface area contributed by atoms with Gasteiger partial charge < -0.3 is 5.32 Å². The molecular weight excluding hydrogens is 334 g/mol. The van der Waals surface area contributed by atoms with E-state index < -0.39 is 10.0 Å². The number of carbonyl (C=O) groups excluding carboxylic acids is 1. The van der Waals surface area contributed by atoms with E-state index in [9.17, 15) is 13.2 Å². The fourth-order valence-electron chi connectivity index (χ4n) is 3.78. The van der Waals surface area contributed by atoms with Crippen LogP contribution in [-0.2, 0) is 10.0 Å². The maximum Gasteiger partial charge on any atom is 0.263 e. The average molecular weight is 358 g/mol. The highest BCUT2D eigenvalue weighted by Crippen LogP contribution is 2.38. The minimum absolute atomic E-state index is 0.0678. The Balaban J connectivity index is 1.72. The molecule has 6 nitrogen and oxygen atoms in total. The second kappa shape index (κ2) is 6.14. The van der Waals surface area contributed by atoms with Crippen LogP contribution in [-0.4, -0.2) is 48.5 Å².